The zero-order valence-corrected chi connectivity index (χ0v) is 17.2. The molecule has 1 aliphatic heterocycles. The van der Waals surface area contributed by atoms with Crippen molar-refractivity contribution >= 4 is 11.8 Å². The molecular formula is C20H28N6O3. The van der Waals surface area contributed by atoms with E-state index < -0.39 is 0 Å². The van der Waals surface area contributed by atoms with Gasteiger partial charge >= 0.3 is 0 Å². The van der Waals surface area contributed by atoms with Crippen LogP contribution in [0.4, 0.5) is 0 Å². The van der Waals surface area contributed by atoms with Gasteiger partial charge in [0, 0.05) is 37.1 Å². The number of piperidine rings is 1. The van der Waals surface area contributed by atoms with Gasteiger partial charge in [-0.3, -0.25) is 19.1 Å². The number of aromatic nitrogens is 4. The van der Waals surface area contributed by atoms with Crippen LogP contribution in [0, 0.1) is 26.7 Å². The Bertz CT molecular complexity index is 948. The van der Waals surface area contributed by atoms with E-state index in [0.29, 0.717) is 36.7 Å². The second-order valence-corrected chi connectivity index (χ2v) is 7.76. The number of carbonyl (C=O) groups excluding carboxylic acids is 2. The van der Waals surface area contributed by atoms with Crippen LogP contribution < -0.4 is 10.9 Å². The summed E-state index contributed by atoms with van der Waals surface area (Å²) in [5.74, 6) is 0.575. The molecule has 0 bridgehead atoms. The Morgan fingerprint density at radius 1 is 1.31 bits per heavy atom. The quantitative estimate of drug-likeness (QED) is 0.733. The zero-order chi connectivity index (χ0) is 21.0. The van der Waals surface area contributed by atoms with Crippen LogP contribution in [0.15, 0.2) is 17.2 Å². The molecule has 1 saturated heterocycles. The third-order valence-corrected chi connectivity index (χ3v) is 5.20. The SMILES string of the molecule is Cc1cnn(CC(=O)NCC2CCCN(C(=O)Cc3c(C)nc(C)[nH]c3=O)C2)c1. The number of H-pyrrole nitrogens is 1. The minimum absolute atomic E-state index is 0.0478. The molecule has 3 heterocycles. The van der Waals surface area contributed by atoms with Crippen LogP contribution in [0.2, 0.25) is 0 Å². The van der Waals surface area contributed by atoms with E-state index in [4.69, 9.17) is 0 Å². The minimum Gasteiger partial charge on any atom is -0.354 e. The van der Waals surface area contributed by atoms with Crippen molar-refractivity contribution in [3.05, 3.63) is 45.4 Å². The maximum absolute atomic E-state index is 12.7. The highest BCUT2D eigenvalue weighted by Crippen LogP contribution is 2.17. The highest BCUT2D eigenvalue weighted by molar-refractivity contribution is 5.79. The van der Waals surface area contributed by atoms with Gasteiger partial charge in [0.05, 0.1) is 12.6 Å². The van der Waals surface area contributed by atoms with Gasteiger partial charge in [-0.15, -0.1) is 0 Å². The lowest BCUT2D eigenvalue weighted by molar-refractivity contribution is -0.132. The van der Waals surface area contributed by atoms with E-state index >= 15 is 0 Å². The maximum atomic E-state index is 12.7. The molecule has 2 aromatic heterocycles. The van der Waals surface area contributed by atoms with Gasteiger partial charge in [-0.1, -0.05) is 0 Å². The molecule has 0 radical (unpaired) electrons. The van der Waals surface area contributed by atoms with E-state index in [1.54, 1.807) is 29.6 Å². The van der Waals surface area contributed by atoms with Crippen LogP contribution in [-0.2, 0) is 22.6 Å². The maximum Gasteiger partial charge on any atom is 0.254 e. The molecule has 2 aromatic rings. The Morgan fingerprint density at radius 3 is 2.79 bits per heavy atom. The van der Waals surface area contributed by atoms with Crippen molar-refractivity contribution in [3.8, 4) is 0 Å². The van der Waals surface area contributed by atoms with E-state index in [0.717, 1.165) is 18.4 Å². The standard InChI is InChI=1S/C20H28N6O3/c1-13-8-22-26(10-13)12-18(27)21-9-16-5-4-6-25(11-16)19(28)7-17-14(2)23-15(3)24-20(17)29/h8,10,16H,4-7,9,11-12H2,1-3H3,(H,21,27)(H,23,24,29). The van der Waals surface area contributed by atoms with Gasteiger partial charge in [-0.05, 0) is 45.1 Å². The largest absolute Gasteiger partial charge is 0.354 e. The molecule has 1 atom stereocenters. The predicted octanol–water partition coefficient (Wildman–Crippen LogP) is 0.489. The number of rotatable bonds is 6. The van der Waals surface area contributed by atoms with Gasteiger partial charge in [0.25, 0.3) is 5.56 Å². The molecular weight excluding hydrogens is 372 g/mol. The fraction of sp³-hybridized carbons (Fsp3) is 0.550. The first-order chi connectivity index (χ1) is 13.8. The number of hydrogen-bond acceptors (Lipinski definition) is 5. The highest BCUT2D eigenvalue weighted by atomic mass is 16.2. The molecule has 1 unspecified atom stereocenters. The third kappa shape index (κ3) is 5.52. The molecule has 1 fully saturated rings. The van der Waals surface area contributed by atoms with Gasteiger partial charge in [0.15, 0.2) is 0 Å². The number of carbonyl (C=O) groups is 2. The minimum atomic E-state index is -0.252. The van der Waals surface area contributed by atoms with E-state index in [9.17, 15) is 14.4 Å². The Hall–Kier alpha value is -2.97. The zero-order valence-electron chi connectivity index (χ0n) is 17.2. The summed E-state index contributed by atoms with van der Waals surface area (Å²) in [5, 5.41) is 7.06. The van der Waals surface area contributed by atoms with Crippen LogP contribution >= 0.6 is 0 Å². The fourth-order valence-electron chi connectivity index (χ4n) is 3.70. The molecule has 2 N–H and O–H groups in total. The van der Waals surface area contributed by atoms with Crippen molar-refractivity contribution in [2.45, 2.75) is 46.6 Å². The highest BCUT2D eigenvalue weighted by Gasteiger charge is 2.25. The molecule has 3 rings (SSSR count). The first-order valence-electron chi connectivity index (χ1n) is 9.91. The molecule has 9 heteroatoms. The molecule has 0 saturated carbocycles. The Morgan fingerprint density at radius 2 is 2.10 bits per heavy atom. The molecule has 0 aliphatic carbocycles. The van der Waals surface area contributed by atoms with Crippen LogP contribution in [-0.4, -0.2) is 56.1 Å². The summed E-state index contributed by atoms with van der Waals surface area (Å²) in [6.07, 6.45) is 5.42. The van der Waals surface area contributed by atoms with E-state index in [1.807, 2.05) is 13.1 Å². The molecule has 156 valence electrons. The average Bonchev–Trinajstić information content (AvgIpc) is 3.07. The lowest BCUT2D eigenvalue weighted by atomic mass is 9.97. The van der Waals surface area contributed by atoms with Gasteiger partial charge < -0.3 is 15.2 Å². The molecule has 1 aliphatic rings. The predicted molar refractivity (Wildman–Crippen MR) is 107 cm³/mol. The van der Waals surface area contributed by atoms with Crippen LogP contribution in [0.25, 0.3) is 0 Å². The fourth-order valence-corrected chi connectivity index (χ4v) is 3.70. The second-order valence-electron chi connectivity index (χ2n) is 7.76. The van der Waals surface area contributed by atoms with E-state index in [1.165, 1.54) is 0 Å². The number of nitrogens with zero attached hydrogens (tertiary/aromatic N) is 4. The van der Waals surface area contributed by atoms with E-state index in [-0.39, 0.29) is 36.3 Å². The average molecular weight is 400 g/mol. The summed E-state index contributed by atoms with van der Waals surface area (Å²) in [4.78, 5) is 45.7. The number of aromatic amines is 1. The number of likely N-dealkylation sites (tertiary alicyclic amines) is 1. The summed E-state index contributed by atoms with van der Waals surface area (Å²) < 4.78 is 1.61. The summed E-state index contributed by atoms with van der Waals surface area (Å²) in [7, 11) is 0. The van der Waals surface area contributed by atoms with Crippen molar-refractivity contribution in [1.82, 2.24) is 30.0 Å². The monoisotopic (exact) mass is 400 g/mol. The van der Waals surface area contributed by atoms with Crippen molar-refractivity contribution in [1.29, 1.82) is 0 Å². The molecule has 9 nitrogen and oxygen atoms in total. The molecule has 0 spiro atoms. The van der Waals surface area contributed by atoms with Gasteiger partial charge in [0.2, 0.25) is 11.8 Å². The smallest absolute Gasteiger partial charge is 0.254 e. The number of hydrogen-bond donors (Lipinski definition) is 2. The second kappa shape index (κ2) is 9.02. The van der Waals surface area contributed by atoms with E-state index in [2.05, 4.69) is 20.4 Å². The third-order valence-electron chi connectivity index (χ3n) is 5.20. The lowest BCUT2D eigenvalue weighted by Crippen LogP contribution is -2.45. The number of aryl methyl sites for hydroxylation is 3. The summed E-state index contributed by atoms with van der Waals surface area (Å²) in [6.45, 7) is 7.36. The van der Waals surface area contributed by atoms with Crippen LogP contribution in [0.3, 0.4) is 0 Å². The first kappa shape index (κ1) is 20.8. The molecule has 29 heavy (non-hydrogen) atoms. The summed E-state index contributed by atoms with van der Waals surface area (Å²) >= 11 is 0. The van der Waals surface area contributed by atoms with Gasteiger partial charge in [-0.25, -0.2) is 4.98 Å². The molecule has 0 aromatic carbocycles. The van der Waals surface area contributed by atoms with Gasteiger partial charge in [-0.2, -0.15) is 5.10 Å². The first-order valence-corrected chi connectivity index (χ1v) is 9.91. The van der Waals surface area contributed by atoms with Crippen molar-refractivity contribution in [3.63, 3.8) is 0 Å². The van der Waals surface area contributed by atoms with Crippen molar-refractivity contribution < 1.29 is 9.59 Å². The van der Waals surface area contributed by atoms with Crippen molar-refractivity contribution in [2.75, 3.05) is 19.6 Å². The summed E-state index contributed by atoms with van der Waals surface area (Å²) in [5.41, 5.74) is 1.77. The number of amides is 2. The molecule has 2 amide bonds. The Labute approximate surface area is 169 Å². The van der Waals surface area contributed by atoms with Crippen LogP contribution in [0.5, 0.6) is 0 Å². The number of nitrogens with one attached hydrogen (secondary N) is 2. The Kier molecular flexibility index (Phi) is 6.46. The normalized spacial score (nSPS) is 16.7. The van der Waals surface area contributed by atoms with Crippen LogP contribution in [0.1, 0.15) is 35.5 Å². The van der Waals surface area contributed by atoms with Gasteiger partial charge in [0.1, 0.15) is 12.4 Å². The lowest BCUT2D eigenvalue weighted by Gasteiger charge is -2.33. The van der Waals surface area contributed by atoms with Crippen molar-refractivity contribution in [2.24, 2.45) is 5.92 Å². The topological polar surface area (TPSA) is 113 Å². The Balaban J connectivity index is 1.51. The summed E-state index contributed by atoms with van der Waals surface area (Å²) in [6, 6.07) is 0.